The third-order valence-corrected chi connectivity index (χ3v) is 7.87. The molecule has 0 unspecified atom stereocenters. The van der Waals surface area contributed by atoms with Gasteiger partial charge in [-0.05, 0) is 54.2 Å². The van der Waals surface area contributed by atoms with E-state index < -0.39 is 28.3 Å². The molecule has 2 aliphatic heterocycles. The number of aliphatic hydroxyl groups is 1. The number of aromatic hydroxyl groups is 1. The Morgan fingerprint density at radius 1 is 1.38 bits per heavy atom. The molecule has 1 saturated heterocycles. The van der Waals surface area contributed by atoms with Gasteiger partial charge in [0.05, 0.1) is 28.7 Å². The van der Waals surface area contributed by atoms with Gasteiger partial charge in [0.25, 0.3) is 0 Å². The van der Waals surface area contributed by atoms with Crippen LogP contribution in [0.3, 0.4) is 0 Å². The lowest BCUT2D eigenvalue weighted by Crippen LogP contribution is -2.42. The van der Waals surface area contributed by atoms with E-state index in [9.17, 15) is 23.7 Å². The molecule has 158 valence electrons. The molecule has 0 aliphatic carbocycles. The van der Waals surface area contributed by atoms with Crippen LogP contribution in [0.25, 0.3) is 6.08 Å². The molecule has 29 heavy (non-hydrogen) atoms. The van der Waals surface area contributed by atoms with Crippen molar-refractivity contribution < 1.29 is 28.3 Å². The highest BCUT2D eigenvalue weighted by molar-refractivity contribution is 7.92. The van der Waals surface area contributed by atoms with Crippen molar-refractivity contribution in [1.82, 2.24) is 0 Å². The van der Waals surface area contributed by atoms with E-state index in [1.807, 2.05) is 6.08 Å². The minimum absolute atomic E-state index is 0.0123. The summed E-state index contributed by atoms with van der Waals surface area (Å²) in [6, 6.07) is 4.82. The molecule has 1 aromatic carbocycles. The van der Waals surface area contributed by atoms with E-state index in [1.54, 1.807) is 12.1 Å². The number of phenolic OH excluding ortho intramolecular Hbond substituents is 1. The molecular weight excluding hydrogens is 415 g/mol. The predicted molar refractivity (Wildman–Crippen MR) is 115 cm³/mol. The summed E-state index contributed by atoms with van der Waals surface area (Å²) in [6.07, 6.45) is 4.35. The van der Waals surface area contributed by atoms with Gasteiger partial charge in [0.1, 0.15) is 5.75 Å². The molecule has 0 bridgehead atoms. The zero-order valence-corrected chi connectivity index (χ0v) is 17.9. The first-order valence-corrected chi connectivity index (χ1v) is 11.9. The second-order valence-electron chi connectivity index (χ2n) is 7.63. The van der Waals surface area contributed by atoms with Gasteiger partial charge in [-0.1, -0.05) is 36.6 Å². The summed E-state index contributed by atoms with van der Waals surface area (Å²) in [4.78, 5) is 0. The van der Waals surface area contributed by atoms with Crippen LogP contribution in [0.1, 0.15) is 38.2 Å². The Bertz CT molecular complexity index is 927. The van der Waals surface area contributed by atoms with Crippen LogP contribution in [0, 0.1) is 0 Å². The molecule has 0 radical (unpaired) electrons. The Hall–Kier alpha value is -1.32. The molecule has 0 amide bonds. The summed E-state index contributed by atoms with van der Waals surface area (Å²) in [5.74, 6) is -0.0673. The highest BCUT2D eigenvalue weighted by Gasteiger charge is 2.48. The SMILES string of the molecule is CCC/C(=C\c1ccc(O)cc1Cl)CC[C@H]1OB(O)C[C@H]2C1=C(CO)CS2(=O)=O. The highest BCUT2D eigenvalue weighted by atomic mass is 35.5. The molecule has 2 atom stereocenters. The number of halogens is 1. The standard InChI is InChI=1S/C20H26BClO6S/c1-2-3-13(8-14-5-6-16(24)9-17(14)22)4-7-18-20-15(11-23)12-29(26,27)19(20)10-21(25)28-18/h5-6,8-9,18-19,23-25H,2-4,7,10-12H2,1H3/b13-8+/t18-,19+/m1/s1. The monoisotopic (exact) mass is 440 g/mol. The molecule has 6 nitrogen and oxygen atoms in total. The zero-order valence-electron chi connectivity index (χ0n) is 16.3. The van der Waals surface area contributed by atoms with Gasteiger partial charge in [0.2, 0.25) is 0 Å². The zero-order chi connectivity index (χ0) is 21.2. The van der Waals surface area contributed by atoms with E-state index in [-0.39, 0.29) is 24.4 Å². The summed E-state index contributed by atoms with van der Waals surface area (Å²) >= 11 is 6.22. The minimum Gasteiger partial charge on any atom is -0.508 e. The highest BCUT2D eigenvalue weighted by Crippen LogP contribution is 2.39. The van der Waals surface area contributed by atoms with E-state index in [1.165, 1.54) is 6.07 Å². The van der Waals surface area contributed by atoms with Gasteiger partial charge >= 0.3 is 7.12 Å². The third kappa shape index (κ3) is 5.06. The molecule has 1 aromatic rings. The Balaban J connectivity index is 1.82. The third-order valence-electron chi connectivity index (χ3n) is 5.48. The number of sulfone groups is 1. The van der Waals surface area contributed by atoms with Gasteiger partial charge in [0.15, 0.2) is 9.84 Å². The van der Waals surface area contributed by atoms with Crippen molar-refractivity contribution in [2.45, 2.75) is 50.3 Å². The average Bonchev–Trinajstić information content (AvgIpc) is 2.92. The predicted octanol–water partition coefficient (Wildman–Crippen LogP) is 2.97. The Morgan fingerprint density at radius 3 is 2.79 bits per heavy atom. The molecule has 1 fully saturated rings. The fourth-order valence-corrected chi connectivity index (χ4v) is 6.52. The molecular formula is C20H26BClO6S. The van der Waals surface area contributed by atoms with E-state index in [0.717, 1.165) is 24.0 Å². The van der Waals surface area contributed by atoms with Crippen LogP contribution < -0.4 is 0 Å². The maximum Gasteiger partial charge on any atom is 0.456 e. The van der Waals surface area contributed by atoms with Crippen molar-refractivity contribution in [1.29, 1.82) is 0 Å². The van der Waals surface area contributed by atoms with Crippen molar-refractivity contribution in [2.24, 2.45) is 0 Å². The smallest absolute Gasteiger partial charge is 0.456 e. The number of benzene rings is 1. The topological polar surface area (TPSA) is 104 Å². The molecule has 0 aromatic heterocycles. The fraction of sp³-hybridized carbons (Fsp3) is 0.500. The average molecular weight is 441 g/mol. The first-order chi connectivity index (χ1) is 13.7. The van der Waals surface area contributed by atoms with Crippen molar-refractivity contribution in [2.75, 3.05) is 12.4 Å². The maximum absolute atomic E-state index is 12.4. The second-order valence-corrected chi connectivity index (χ2v) is 10.2. The number of aliphatic hydroxyl groups excluding tert-OH is 1. The quantitative estimate of drug-likeness (QED) is 0.445. The minimum atomic E-state index is -3.41. The van der Waals surface area contributed by atoms with Crippen LogP contribution in [0.15, 0.2) is 34.9 Å². The van der Waals surface area contributed by atoms with E-state index in [2.05, 4.69) is 6.92 Å². The largest absolute Gasteiger partial charge is 0.508 e. The van der Waals surface area contributed by atoms with Crippen molar-refractivity contribution >= 4 is 34.6 Å². The summed E-state index contributed by atoms with van der Waals surface area (Å²) in [5.41, 5.74) is 3.03. The van der Waals surface area contributed by atoms with Gasteiger partial charge in [-0.3, -0.25) is 0 Å². The summed E-state index contributed by atoms with van der Waals surface area (Å²) < 4.78 is 30.6. The lowest BCUT2D eigenvalue weighted by Gasteiger charge is -2.32. The Labute approximate surface area is 176 Å². The Morgan fingerprint density at radius 2 is 2.14 bits per heavy atom. The maximum atomic E-state index is 12.4. The summed E-state index contributed by atoms with van der Waals surface area (Å²) in [6.45, 7) is 1.75. The second kappa shape index (κ2) is 9.22. The molecule has 2 aliphatic rings. The van der Waals surface area contributed by atoms with E-state index >= 15 is 0 Å². The van der Waals surface area contributed by atoms with Crippen LogP contribution >= 0.6 is 11.6 Å². The first kappa shape index (κ1) is 22.4. The molecule has 3 rings (SSSR count). The molecule has 0 spiro atoms. The van der Waals surface area contributed by atoms with Crippen LogP contribution in [-0.4, -0.2) is 54.5 Å². The molecule has 9 heteroatoms. The van der Waals surface area contributed by atoms with Crippen molar-refractivity contribution in [3.8, 4) is 5.75 Å². The van der Waals surface area contributed by atoms with Crippen LogP contribution in [-0.2, 0) is 14.5 Å². The van der Waals surface area contributed by atoms with Gasteiger partial charge < -0.3 is 19.9 Å². The van der Waals surface area contributed by atoms with E-state index in [4.69, 9.17) is 16.3 Å². The lowest BCUT2D eigenvalue weighted by atomic mass is 9.74. The molecule has 2 heterocycles. The first-order valence-electron chi connectivity index (χ1n) is 9.80. The number of hydrogen-bond acceptors (Lipinski definition) is 6. The number of fused-ring (bicyclic) bond motifs is 1. The van der Waals surface area contributed by atoms with Crippen molar-refractivity contribution in [3.05, 3.63) is 45.5 Å². The van der Waals surface area contributed by atoms with Crippen molar-refractivity contribution in [3.63, 3.8) is 0 Å². The van der Waals surface area contributed by atoms with Gasteiger partial charge in [-0.2, -0.15) is 0 Å². The van der Waals surface area contributed by atoms with Gasteiger partial charge in [-0.25, -0.2) is 8.42 Å². The molecule has 3 N–H and O–H groups in total. The van der Waals surface area contributed by atoms with Gasteiger partial charge in [-0.15, -0.1) is 0 Å². The van der Waals surface area contributed by atoms with Crippen LogP contribution in [0.5, 0.6) is 5.75 Å². The number of allylic oxidation sites excluding steroid dienone is 1. The summed E-state index contributed by atoms with van der Waals surface area (Å²) in [5, 5.41) is 28.9. The number of rotatable bonds is 7. The lowest BCUT2D eigenvalue weighted by molar-refractivity contribution is 0.168. The van der Waals surface area contributed by atoms with Crippen LogP contribution in [0.2, 0.25) is 11.3 Å². The van der Waals surface area contributed by atoms with E-state index in [0.29, 0.717) is 29.0 Å². The molecule has 0 saturated carbocycles. The number of phenols is 1. The fourth-order valence-electron chi connectivity index (χ4n) is 4.18. The number of hydrogen-bond donors (Lipinski definition) is 3. The van der Waals surface area contributed by atoms with Gasteiger partial charge in [0, 0.05) is 6.32 Å². The Kier molecular flexibility index (Phi) is 7.12. The van der Waals surface area contributed by atoms with Crippen LogP contribution in [0.4, 0.5) is 0 Å². The summed E-state index contributed by atoms with van der Waals surface area (Å²) in [7, 11) is -4.54. The normalized spacial score (nSPS) is 24.1.